The summed E-state index contributed by atoms with van der Waals surface area (Å²) in [7, 11) is 0. The maximum atomic E-state index is 5.17. The Kier molecular flexibility index (Phi) is 3.39. The van der Waals surface area contributed by atoms with Gasteiger partial charge >= 0.3 is 0 Å². The van der Waals surface area contributed by atoms with Gasteiger partial charge in [-0.05, 0) is 11.8 Å². The van der Waals surface area contributed by atoms with Crippen LogP contribution in [0, 0.1) is 24.7 Å². The molecule has 0 aliphatic heterocycles. The van der Waals surface area contributed by atoms with Gasteiger partial charge in [-0.15, -0.1) is 12.3 Å². The van der Waals surface area contributed by atoms with Crippen LogP contribution >= 0.6 is 0 Å². The van der Waals surface area contributed by atoms with Gasteiger partial charge in [0.1, 0.15) is 0 Å². The van der Waals surface area contributed by atoms with Crippen molar-refractivity contribution >= 4 is 0 Å². The van der Waals surface area contributed by atoms with Crippen LogP contribution in [0.4, 0.5) is 0 Å². The highest BCUT2D eigenvalue weighted by Gasteiger charge is 2.13. The largest absolute Gasteiger partial charge is 0.120 e. The van der Waals surface area contributed by atoms with Gasteiger partial charge in [-0.3, -0.25) is 0 Å². The van der Waals surface area contributed by atoms with Crippen molar-refractivity contribution in [3.63, 3.8) is 0 Å². The second kappa shape index (κ2) is 3.56. The maximum Gasteiger partial charge on any atom is 0.0137 e. The molecule has 0 spiro atoms. The van der Waals surface area contributed by atoms with E-state index in [1.165, 1.54) is 0 Å². The number of hydrogen-bond donors (Lipinski definition) is 0. The van der Waals surface area contributed by atoms with E-state index in [1.54, 1.807) is 0 Å². The molecule has 0 rings (SSSR count). The van der Waals surface area contributed by atoms with Crippen LogP contribution in [0.25, 0.3) is 0 Å². The Morgan fingerprint density at radius 3 is 2.44 bits per heavy atom. The average molecular weight is 123 g/mol. The van der Waals surface area contributed by atoms with Crippen molar-refractivity contribution < 1.29 is 0 Å². The topological polar surface area (TPSA) is 0 Å². The van der Waals surface area contributed by atoms with Crippen LogP contribution in [0.5, 0.6) is 0 Å². The standard InChI is InChI=1S/C9H15/c1-5-7-9(3,4)8-6-2/h1H,2,6-8H2,3-4H3. The van der Waals surface area contributed by atoms with Crippen molar-refractivity contribution in [2.24, 2.45) is 5.41 Å². The SMILES string of the molecule is C#CCC(C)(C)CC[CH2]. The van der Waals surface area contributed by atoms with Gasteiger partial charge in [0.2, 0.25) is 0 Å². The Bertz CT molecular complexity index is 104. The third-order valence-electron chi connectivity index (χ3n) is 1.43. The Labute approximate surface area is 58.7 Å². The highest BCUT2D eigenvalue weighted by Crippen LogP contribution is 2.25. The van der Waals surface area contributed by atoms with E-state index < -0.39 is 0 Å². The van der Waals surface area contributed by atoms with Gasteiger partial charge in [0.15, 0.2) is 0 Å². The summed E-state index contributed by atoms with van der Waals surface area (Å²) in [4.78, 5) is 0. The van der Waals surface area contributed by atoms with Crippen molar-refractivity contribution in [2.45, 2.75) is 33.1 Å². The normalized spacial score (nSPS) is 10.9. The lowest BCUT2D eigenvalue weighted by Gasteiger charge is -2.19. The summed E-state index contributed by atoms with van der Waals surface area (Å²) in [6.45, 7) is 8.14. The molecule has 0 aromatic rings. The van der Waals surface area contributed by atoms with E-state index in [2.05, 4.69) is 26.7 Å². The molecule has 0 unspecified atom stereocenters. The summed E-state index contributed by atoms with van der Waals surface area (Å²) in [6, 6.07) is 0. The molecule has 0 atom stereocenters. The molecule has 0 heterocycles. The molecule has 0 bridgehead atoms. The molecule has 1 radical (unpaired) electrons. The van der Waals surface area contributed by atoms with Gasteiger partial charge in [-0.25, -0.2) is 0 Å². The first-order valence-electron chi connectivity index (χ1n) is 3.35. The number of rotatable bonds is 3. The molecule has 51 valence electrons. The van der Waals surface area contributed by atoms with Crippen LogP contribution in [0.2, 0.25) is 0 Å². The van der Waals surface area contributed by atoms with Gasteiger partial charge in [0.25, 0.3) is 0 Å². The predicted molar refractivity (Wildman–Crippen MR) is 41.8 cm³/mol. The number of terminal acetylenes is 1. The van der Waals surface area contributed by atoms with Gasteiger partial charge in [-0.1, -0.05) is 27.2 Å². The van der Waals surface area contributed by atoms with Gasteiger partial charge in [0.05, 0.1) is 0 Å². The molecule has 0 saturated carbocycles. The minimum atomic E-state index is 0.302. The summed E-state index contributed by atoms with van der Waals surface area (Å²) < 4.78 is 0. The molecule has 0 aliphatic carbocycles. The van der Waals surface area contributed by atoms with E-state index in [4.69, 9.17) is 6.42 Å². The van der Waals surface area contributed by atoms with E-state index in [-0.39, 0.29) is 0 Å². The van der Waals surface area contributed by atoms with Crippen molar-refractivity contribution in [1.29, 1.82) is 0 Å². The lowest BCUT2D eigenvalue weighted by Crippen LogP contribution is -2.08. The number of hydrogen-bond acceptors (Lipinski definition) is 0. The summed E-state index contributed by atoms with van der Waals surface area (Å²) in [5, 5.41) is 0. The zero-order valence-electron chi connectivity index (χ0n) is 6.41. The van der Waals surface area contributed by atoms with Gasteiger partial charge in [-0.2, -0.15) is 0 Å². The summed E-state index contributed by atoms with van der Waals surface area (Å²) in [5.74, 6) is 2.66. The Morgan fingerprint density at radius 2 is 2.11 bits per heavy atom. The molecule has 0 nitrogen and oxygen atoms in total. The first kappa shape index (κ1) is 8.56. The molecular formula is C9H15. The van der Waals surface area contributed by atoms with Crippen molar-refractivity contribution in [3.8, 4) is 12.3 Å². The average Bonchev–Trinajstić information content (AvgIpc) is 1.64. The third kappa shape index (κ3) is 4.09. The van der Waals surface area contributed by atoms with Crippen LogP contribution in [-0.4, -0.2) is 0 Å². The molecule has 0 amide bonds. The molecule has 0 heteroatoms. The minimum absolute atomic E-state index is 0.302. The Hall–Kier alpha value is -0.440. The summed E-state index contributed by atoms with van der Waals surface area (Å²) >= 11 is 0. The van der Waals surface area contributed by atoms with E-state index in [1.807, 2.05) is 0 Å². The first-order chi connectivity index (χ1) is 4.12. The Morgan fingerprint density at radius 1 is 1.56 bits per heavy atom. The van der Waals surface area contributed by atoms with Crippen LogP contribution < -0.4 is 0 Å². The lowest BCUT2D eigenvalue weighted by molar-refractivity contribution is 0.348. The fourth-order valence-electron chi connectivity index (χ4n) is 0.843. The quantitative estimate of drug-likeness (QED) is 0.506. The van der Waals surface area contributed by atoms with Crippen molar-refractivity contribution in [2.75, 3.05) is 0 Å². The summed E-state index contributed by atoms with van der Waals surface area (Å²) in [5.41, 5.74) is 0.302. The zero-order chi connectivity index (χ0) is 7.33. The second-order valence-electron chi connectivity index (χ2n) is 3.15. The van der Waals surface area contributed by atoms with E-state index >= 15 is 0 Å². The van der Waals surface area contributed by atoms with Crippen LogP contribution in [0.3, 0.4) is 0 Å². The molecule has 0 N–H and O–H groups in total. The second-order valence-corrected chi connectivity index (χ2v) is 3.15. The molecule has 0 aromatic heterocycles. The van der Waals surface area contributed by atoms with Crippen LogP contribution in [0.15, 0.2) is 0 Å². The fourth-order valence-corrected chi connectivity index (χ4v) is 0.843. The fraction of sp³-hybridized carbons (Fsp3) is 0.667. The molecule has 0 saturated heterocycles. The minimum Gasteiger partial charge on any atom is -0.120 e. The monoisotopic (exact) mass is 123 g/mol. The molecular weight excluding hydrogens is 108 g/mol. The Balaban J connectivity index is 3.59. The van der Waals surface area contributed by atoms with Gasteiger partial charge in [0, 0.05) is 6.42 Å². The maximum absolute atomic E-state index is 5.17. The van der Waals surface area contributed by atoms with Crippen molar-refractivity contribution in [1.82, 2.24) is 0 Å². The summed E-state index contributed by atoms with van der Waals surface area (Å²) in [6.07, 6.45) is 8.14. The highest BCUT2D eigenvalue weighted by molar-refractivity contribution is 4.90. The molecule has 9 heavy (non-hydrogen) atoms. The third-order valence-corrected chi connectivity index (χ3v) is 1.43. The first-order valence-corrected chi connectivity index (χ1v) is 3.35. The molecule has 0 fully saturated rings. The van der Waals surface area contributed by atoms with Gasteiger partial charge < -0.3 is 0 Å². The molecule has 0 aliphatic rings. The zero-order valence-corrected chi connectivity index (χ0v) is 6.41. The van der Waals surface area contributed by atoms with E-state index in [0.29, 0.717) is 5.41 Å². The van der Waals surface area contributed by atoms with Crippen LogP contribution in [0.1, 0.15) is 33.1 Å². The predicted octanol–water partition coefficient (Wildman–Crippen LogP) is 2.65. The van der Waals surface area contributed by atoms with Crippen LogP contribution in [-0.2, 0) is 0 Å². The van der Waals surface area contributed by atoms with E-state index in [0.717, 1.165) is 19.3 Å². The highest BCUT2D eigenvalue weighted by atomic mass is 14.2. The lowest BCUT2D eigenvalue weighted by atomic mass is 9.85. The molecule has 0 aromatic carbocycles. The van der Waals surface area contributed by atoms with Crippen molar-refractivity contribution in [3.05, 3.63) is 6.92 Å². The smallest absolute Gasteiger partial charge is 0.0137 e. The van der Waals surface area contributed by atoms with E-state index in [9.17, 15) is 0 Å².